The molecule has 2 aromatic rings. The predicted octanol–water partition coefficient (Wildman–Crippen LogP) is 5.10. The Morgan fingerprint density at radius 3 is 2.45 bits per heavy atom. The molecule has 6 nitrogen and oxygen atoms in total. The van der Waals surface area contributed by atoms with E-state index in [0.29, 0.717) is 17.5 Å². The molecule has 0 aromatic heterocycles. The number of aromatic hydroxyl groups is 4. The van der Waals surface area contributed by atoms with Gasteiger partial charge in [0.1, 0.15) is 40.9 Å². The molecule has 6 heteroatoms. The van der Waals surface area contributed by atoms with Gasteiger partial charge in [0.05, 0.1) is 5.92 Å². The molecule has 0 radical (unpaired) electrons. The molecule has 164 valence electrons. The number of phenolic OH excluding ortho intramolecular Hbond substituents is 4. The standard InChI is InChI=1S/C25H28O6/c1-14(2)5-4-6-15(3)7-8-16-9-18(21(28)12-20(16)27)19-13-31-23-11-17(26)10-22(29)24(23)25(19)30/h5,7,9-12,19,26-29H,4,6,8,13H2,1-3H3/b15-7+. The van der Waals surface area contributed by atoms with Crippen LogP contribution in [0.2, 0.25) is 0 Å². The minimum Gasteiger partial charge on any atom is -0.508 e. The number of phenols is 4. The van der Waals surface area contributed by atoms with Gasteiger partial charge in [0, 0.05) is 23.8 Å². The lowest BCUT2D eigenvalue weighted by Crippen LogP contribution is -2.26. The molecule has 0 spiro atoms. The molecule has 1 unspecified atom stereocenters. The molecule has 1 heterocycles. The maximum absolute atomic E-state index is 13.0. The van der Waals surface area contributed by atoms with E-state index in [-0.39, 0.29) is 40.9 Å². The van der Waals surface area contributed by atoms with Gasteiger partial charge in [0.2, 0.25) is 0 Å². The zero-order chi connectivity index (χ0) is 22.7. The van der Waals surface area contributed by atoms with E-state index in [1.807, 2.05) is 13.0 Å². The van der Waals surface area contributed by atoms with Crippen molar-refractivity contribution in [2.75, 3.05) is 6.61 Å². The van der Waals surface area contributed by atoms with Crippen LogP contribution in [0.25, 0.3) is 0 Å². The third kappa shape index (κ3) is 5.02. The summed E-state index contributed by atoms with van der Waals surface area (Å²) in [6.07, 6.45) is 6.52. The highest BCUT2D eigenvalue weighted by molar-refractivity contribution is 6.06. The average Bonchev–Trinajstić information content (AvgIpc) is 2.67. The second kappa shape index (κ2) is 9.16. The average molecular weight is 424 g/mol. The number of Topliss-reactive ketones (excluding diaryl/α,β-unsaturated/α-hetero) is 1. The van der Waals surface area contributed by atoms with Gasteiger partial charge in [0.15, 0.2) is 5.78 Å². The van der Waals surface area contributed by atoms with Crippen LogP contribution in [0.1, 0.15) is 61.0 Å². The van der Waals surface area contributed by atoms with Crippen LogP contribution in [-0.4, -0.2) is 32.8 Å². The maximum atomic E-state index is 13.0. The highest BCUT2D eigenvalue weighted by Gasteiger charge is 2.35. The summed E-state index contributed by atoms with van der Waals surface area (Å²) in [6, 6.07) is 5.19. The molecule has 0 amide bonds. The monoisotopic (exact) mass is 424 g/mol. The van der Waals surface area contributed by atoms with Crippen molar-refractivity contribution in [2.24, 2.45) is 0 Å². The lowest BCUT2D eigenvalue weighted by molar-refractivity contribution is 0.0890. The van der Waals surface area contributed by atoms with Crippen molar-refractivity contribution in [2.45, 2.75) is 46.0 Å². The number of allylic oxidation sites excluding steroid dienone is 4. The Kier molecular flexibility index (Phi) is 6.59. The first-order valence-corrected chi connectivity index (χ1v) is 10.2. The Morgan fingerprint density at radius 2 is 1.74 bits per heavy atom. The molecule has 2 aromatic carbocycles. The summed E-state index contributed by atoms with van der Waals surface area (Å²) >= 11 is 0. The number of ketones is 1. The fourth-order valence-corrected chi connectivity index (χ4v) is 3.66. The first-order chi connectivity index (χ1) is 14.7. The summed E-state index contributed by atoms with van der Waals surface area (Å²) < 4.78 is 5.58. The fraction of sp³-hybridized carbons (Fsp3) is 0.320. The van der Waals surface area contributed by atoms with Gasteiger partial charge < -0.3 is 25.2 Å². The first kappa shape index (κ1) is 22.3. The predicted molar refractivity (Wildman–Crippen MR) is 118 cm³/mol. The van der Waals surface area contributed by atoms with Gasteiger partial charge >= 0.3 is 0 Å². The van der Waals surface area contributed by atoms with Crippen molar-refractivity contribution in [1.82, 2.24) is 0 Å². The molecule has 0 saturated carbocycles. The van der Waals surface area contributed by atoms with Gasteiger partial charge in [-0.1, -0.05) is 23.3 Å². The molecule has 1 aliphatic rings. The number of ether oxygens (including phenoxy) is 1. The van der Waals surface area contributed by atoms with Gasteiger partial charge in [-0.25, -0.2) is 0 Å². The SMILES string of the molecule is CC(C)=CCC/C(C)=C/Cc1cc(C2COc3cc(O)cc(O)c3C2=O)c(O)cc1O. The molecule has 3 rings (SSSR count). The van der Waals surface area contributed by atoms with Crippen molar-refractivity contribution in [1.29, 1.82) is 0 Å². The third-order valence-corrected chi connectivity index (χ3v) is 5.40. The smallest absolute Gasteiger partial charge is 0.181 e. The second-order valence-corrected chi connectivity index (χ2v) is 8.18. The molecule has 0 bridgehead atoms. The van der Waals surface area contributed by atoms with Gasteiger partial charge in [-0.3, -0.25) is 4.79 Å². The lowest BCUT2D eigenvalue weighted by atomic mass is 9.86. The number of rotatable bonds is 6. The van der Waals surface area contributed by atoms with E-state index in [2.05, 4.69) is 19.9 Å². The molecule has 0 fully saturated rings. The Balaban J connectivity index is 1.86. The summed E-state index contributed by atoms with van der Waals surface area (Å²) in [7, 11) is 0. The van der Waals surface area contributed by atoms with Crippen molar-refractivity contribution in [3.8, 4) is 28.7 Å². The van der Waals surface area contributed by atoms with Crippen LogP contribution < -0.4 is 4.74 Å². The molecular weight excluding hydrogens is 396 g/mol. The number of carbonyl (C=O) groups is 1. The van der Waals surface area contributed by atoms with E-state index >= 15 is 0 Å². The molecule has 1 aliphatic heterocycles. The van der Waals surface area contributed by atoms with Crippen LogP contribution in [0.5, 0.6) is 28.7 Å². The van der Waals surface area contributed by atoms with E-state index in [0.717, 1.165) is 18.9 Å². The van der Waals surface area contributed by atoms with Crippen LogP contribution in [-0.2, 0) is 6.42 Å². The third-order valence-electron chi connectivity index (χ3n) is 5.40. The van der Waals surface area contributed by atoms with E-state index in [1.165, 1.54) is 23.3 Å². The van der Waals surface area contributed by atoms with Crippen LogP contribution >= 0.6 is 0 Å². The Hall–Kier alpha value is -3.41. The number of fused-ring (bicyclic) bond motifs is 1. The zero-order valence-electron chi connectivity index (χ0n) is 18.0. The van der Waals surface area contributed by atoms with Gasteiger partial charge in [0.25, 0.3) is 0 Å². The van der Waals surface area contributed by atoms with Crippen molar-refractivity contribution < 1.29 is 30.0 Å². The molecule has 0 aliphatic carbocycles. The summed E-state index contributed by atoms with van der Waals surface area (Å²) in [4.78, 5) is 13.0. The first-order valence-electron chi connectivity index (χ1n) is 10.2. The molecule has 4 N–H and O–H groups in total. The molecule has 1 atom stereocenters. The van der Waals surface area contributed by atoms with E-state index < -0.39 is 11.7 Å². The van der Waals surface area contributed by atoms with Crippen molar-refractivity contribution >= 4 is 5.78 Å². The maximum Gasteiger partial charge on any atom is 0.181 e. The van der Waals surface area contributed by atoms with Crippen molar-refractivity contribution in [3.05, 3.63) is 64.3 Å². The highest BCUT2D eigenvalue weighted by Crippen LogP contribution is 2.43. The Bertz CT molecular complexity index is 1060. The van der Waals surface area contributed by atoms with Crippen LogP contribution in [0.4, 0.5) is 0 Å². The number of benzene rings is 2. The van der Waals surface area contributed by atoms with Gasteiger partial charge in [-0.05, 0) is 51.7 Å². The molecule has 31 heavy (non-hydrogen) atoms. The number of carbonyl (C=O) groups excluding carboxylic acids is 1. The summed E-state index contributed by atoms with van der Waals surface area (Å²) in [6.45, 7) is 6.10. The largest absolute Gasteiger partial charge is 0.508 e. The zero-order valence-corrected chi connectivity index (χ0v) is 18.0. The Labute approximate surface area is 181 Å². The van der Waals surface area contributed by atoms with E-state index in [9.17, 15) is 25.2 Å². The number of hydrogen-bond acceptors (Lipinski definition) is 6. The summed E-state index contributed by atoms with van der Waals surface area (Å²) in [5.74, 6) is -2.00. The Morgan fingerprint density at radius 1 is 1.00 bits per heavy atom. The highest BCUT2D eigenvalue weighted by atomic mass is 16.5. The van der Waals surface area contributed by atoms with Crippen LogP contribution in [0, 0.1) is 0 Å². The number of hydrogen-bond donors (Lipinski definition) is 4. The van der Waals surface area contributed by atoms with Crippen molar-refractivity contribution in [3.63, 3.8) is 0 Å². The fourth-order valence-electron chi connectivity index (χ4n) is 3.66. The van der Waals surface area contributed by atoms with E-state index in [4.69, 9.17) is 4.74 Å². The van der Waals surface area contributed by atoms with Crippen LogP contribution in [0.3, 0.4) is 0 Å². The quantitative estimate of drug-likeness (QED) is 0.481. The van der Waals surface area contributed by atoms with Gasteiger partial charge in [-0.2, -0.15) is 0 Å². The molecule has 0 saturated heterocycles. The van der Waals surface area contributed by atoms with E-state index in [1.54, 1.807) is 6.07 Å². The normalized spacial score (nSPS) is 15.9. The summed E-state index contributed by atoms with van der Waals surface area (Å²) in [5, 5.41) is 40.4. The summed E-state index contributed by atoms with van der Waals surface area (Å²) in [5.41, 5.74) is 3.34. The van der Waals surface area contributed by atoms with Gasteiger partial charge in [-0.15, -0.1) is 0 Å². The second-order valence-electron chi connectivity index (χ2n) is 8.18. The molecular formula is C25H28O6. The topological polar surface area (TPSA) is 107 Å². The van der Waals surface area contributed by atoms with Crippen LogP contribution in [0.15, 0.2) is 47.6 Å². The minimum absolute atomic E-state index is 0.0295. The minimum atomic E-state index is -0.843. The lowest BCUT2D eigenvalue weighted by Gasteiger charge is -2.26.